The quantitative estimate of drug-likeness (QED) is 0.594. The zero-order valence-corrected chi connectivity index (χ0v) is 17.6. The predicted octanol–water partition coefficient (Wildman–Crippen LogP) is 0.930. The van der Waals surface area contributed by atoms with E-state index in [0.717, 1.165) is 30.9 Å². The largest absolute Gasteiger partial charge is 0.378 e. The minimum atomic E-state index is -0.591. The number of nitrogens with zero attached hydrogens (tertiary/aromatic N) is 3. The topological polar surface area (TPSA) is 67.9 Å². The zero-order chi connectivity index (χ0) is 20.4. The molecule has 7 nitrogen and oxygen atoms in total. The number of anilines is 1. The highest BCUT2D eigenvalue weighted by molar-refractivity contribution is 6.35. The van der Waals surface area contributed by atoms with Crippen LogP contribution in [0.5, 0.6) is 0 Å². The number of benzene rings is 1. The van der Waals surface area contributed by atoms with Crippen LogP contribution in [0.3, 0.4) is 0 Å². The zero-order valence-electron chi connectivity index (χ0n) is 17.6. The van der Waals surface area contributed by atoms with Crippen molar-refractivity contribution in [2.75, 3.05) is 65.8 Å². The molecular formula is C20H35N5O2. The fraction of sp³-hybridized carbons (Fsp3) is 0.600. The van der Waals surface area contributed by atoms with Gasteiger partial charge in [0, 0.05) is 39.4 Å². The normalized spacial score (nSPS) is 12.1. The van der Waals surface area contributed by atoms with Crippen molar-refractivity contribution in [2.45, 2.75) is 19.9 Å². The molecule has 0 fully saturated rings. The minimum Gasteiger partial charge on any atom is -0.378 e. The summed E-state index contributed by atoms with van der Waals surface area (Å²) in [4.78, 5) is 30.3. The van der Waals surface area contributed by atoms with Crippen LogP contribution in [-0.2, 0) is 9.59 Å². The van der Waals surface area contributed by atoms with Gasteiger partial charge >= 0.3 is 11.8 Å². The van der Waals surface area contributed by atoms with Crippen molar-refractivity contribution < 1.29 is 9.59 Å². The molecule has 0 aliphatic rings. The first-order chi connectivity index (χ1) is 12.8. The standard InChI is InChI=1S/C20H35N5O2/c1-7-25(8-2)14-13-21-19(26)20(27)22-15-18(24(5)6)16-9-11-17(12-10-16)23(3)4/h9-12,18H,7-8,13-15H2,1-6H3,(H,21,26)(H,22,27). The van der Waals surface area contributed by atoms with Crippen molar-refractivity contribution in [1.29, 1.82) is 0 Å². The van der Waals surface area contributed by atoms with Gasteiger partial charge in [-0.3, -0.25) is 9.59 Å². The van der Waals surface area contributed by atoms with Crippen molar-refractivity contribution in [3.8, 4) is 0 Å². The number of amides is 2. The van der Waals surface area contributed by atoms with Crippen LogP contribution in [0, 0.1) is 0 Å². The van der Waals surface area contributed by atoms with Crippen molar-refractivity contribution in [2.24, 2.45) is 0 Å². The molecule has 0 radical (unpaired) electrons. The molecule has 0 saturated carbocycles. The average molecular weight is 378 g/mol. The SMILES string of the molecule is CCN(CC)CCNC(=O)C(=O)NCC(c1ccc(N(C)C)cc1)N(C)C. The summed E-state index contributed by atoms with van der Waals surface area (Å²) in [6.07, 6.45) is 0. The second-order valence-electron chi connectivity index (χ2n) is 6.96. The Hall–Kier alpha value is -2.12. The second kappa shape index (κ2) is 11.6. The van der Waals surface area contributed by atoms with Crippen LogP contribution in [0.4, 0.5) is 5.69 Å². The third-order valence-electron chi connectivity index (χ3n) is 4.69. The Morgan fingerprint density at radius 1 is 0.926 bits per heavy atom. The lowest BCUT2D eigenvalue weighted by Gasteiger charge is -2.25. The van der Waals surface area contributed by atoms with E-state index in [9.17, 15) is 9.59 Å². The van der Waals surface area contributed by atoms with E-state index in [4.69, 9.17) is 0 Å². The van der Waals surface area contributed by atoms with Crippen LogP contribution >= 0.6 is 0 Å². The van der Waals surface area contributed by atoms with Gasteiger partial charge in [-0.05, 0) is 44.9 Å². The number of carbonyl (C=O) groups is 2. The van der Waals surface area contributed by atoms with Crippen molar-refractivity contribution in [3.05, 3.63) is 29.8 Å². The van der Waals surface area contributed by atoms with Crippen LogP contribution in [0.15, 0.2) is 24.3 Å². The second-order valence-corrected chi connectivity index (χ2v) is 6.96. The maximum absolute atomic E-state index is 12.1. The maximum Gasteiger partial charge on any atom is 0.309 e. The lowest BCUT2D eigenvalue weighted by atomic mass is 10.1. The van der Waals surface area contributed by atoms with Gasteiger partial charge in [0.05, 0.1) is 6.04 Å². The van der Waals surface area contributed by atoms with Gasteiger partial charge < -0.3 is 25.3 Å². The van der Waals surface area contributed by atoms with Crippen LogP contribution in [0.1, 0.15) is 25.5 Å². The first kappa shape index (κ1) is 22.9. The molecule has 0 aliphatic heterocycles. The lowest BCUT2D eigenvalue weighted by Crippen LogP contribution is -2.45. The fourth-order valence-electron chi connectivity index (χ4n) is 2.81. The predicted molar refractivity (Wildman–Crippen MR) is 111 cm³/mol. The summed E-state index contributed by atoms with van der Waals surface area (Å²) in [7, 11) is 7.91. The molecule has 0 aromatic heterocycles. The molecular weight excluding hydrogens is 342 g/mol. The smallest absolute Gasteiger partial charge is 0.309 e. The van der Waals surface area contributed by atoms with Crippen LogP contribution in [0.25, 0.3) is 0 Å². The molecule has 1 rings (SSSR count). The summed E-state index contributed by atoms with van der Waals surface area (Å²) in [5.74, 6) is -1.17. The first-order valence-electron chi connectivity index (χ1n) is 9.52. The van der Waals surface area contributed by atoms with Gasteiger partial charge in [0.15, 0.2) is 0 Å². The summed E-state index contributed by atoms with van der Waals surface area (Å²) in [6, 6.07) is 8.20. The van der Waals surface area contributed by atoms with E-state index in [1.807, 2.05) is 50.1 Å². The third kappa shape index (κ3) is 7.56. The number of carbonyl (C=O) groups excluding carboxylic acids is 2. The van der Waals surface area contributed by atoms with E-state index < -0.39 is 11.8 Å². The van der Waals surface area contributed by atoms with Gasteiger partial charge in [-0.25, -0.2) is 0 Å². The monoisotopic (exact) mass is 377 g/mol. The molecule has 0 aliphatic carbocycles. The highest BCUT2D eigenvalue weighted by Crippen LogP contribution is 2.20. The Balaban J connectivity index is 2.55. The first-order valence-corrected chi connectivity index (χ1v) is 9.52. The Bertz CT molecular complexity index is 583. The van der Waals surface area contributed by atoms with E-state index in [1.165, 1.54) is 0 Å². The third-order valence-corrected chi connectivity index (χ3v) is 4.69. The molecule has 7 heteroatoms. The van der Waals surface area contributed by atoms with Crippen molar-refractivity contribution in [3.63, 3.8) is 0 Å². The van der Waals surface area contributed by atoms with Gasteiger partial charge in [-0.2, -0.15) is 0 Å². The van der Waals surface area contributed by atoms with E-state index in [1.54, 1.807) is 0 Å². The Kier molecular flexibility index (Phi) is 9.82. The van der Waals surface area contributed by atoms with Gasteiger partial charge in [-0.15, -0.1) is 0 Å². The minimum absolute atomic E-state index is 0.00589. The van der Waals surface area contributed by atoms with Crippen molar-refractivity contribution in [1.82, 2.24) is 20.4 Å². The molecule has 2 N–H and O–H groups in total. The molecule has 1 unspecified atom stereocenters. The van der Waals surface area contributed by atoms with Crippen molar-refractivity contribution >= 4 is 17.5 Å². The molecule has 1 atom stereocenters. The molecule has 1 aromatic carbocycles. The summed E-state index contributed by atoms with van der Waals surface area (Å²) < 4.78 is 0. The summed E-state index contributed by atoms with van der Waals surface area (Å²) in [5, 5.41) is 5.43. The molecule has 0 heterocycles. The Morgan fingerprint density at radius 2 is 1.48 bits per heavy atom. The molecule has 2 amide bonds. The Morgan fingerprint density at radius 3 is 1.96 bits per heavy atom. The van der Waals surface area contributed by atoms with Crippen LogP contribution in [0.2, 0.25) is 0 Å². The summed E-state index contributed by atoms with van der Waals surface area (Å²) >= 11 is 0. The van der Waals surface area contributed by atoms with Gasteiger partial charge in [0.1, 0.15) is 0 Å². The number of rotatable bonds is 10. The molecule has 1 aromatic rings. The average Bonchev–Trinajstić information content (AvgIpc) is 2.65. The molecule has 152 valence electrons. The molecule has 0 spiro atoms. The Labute approximate surface area is 163 Å². The lowest BCUT2D eigenvalue weighted by molar-refractivity contribution is -0.139. The fourth-order valence-corrected chi connectivity index (χ4v) is 2.81. The van der Waals surface area contributed by atoms with Gasteiger partial charge in [0.25, 0.3) is 0 Å². The highest BCUT2D eigenvalue weighted by atomic mass is 16.2. The number of hydrogen-bond donors (Lipinski definition) is 2. The van der Waals surface area contributed by atoms with E-state index in [0.29, 0.717) is 13.1 Å². The maximum atomic E-state index is 12.1. The molecule has 0 bridgehead atoms. The number of likely N-dealkylation sites (N-methyl/N-ethyl adjacent to an activating group) is 2. The van der Waals surface area contributed by atoms with Crippen LogP contribution < -0.4 is 15.5 Å². The summed E-state index contributed by atoms with van der Waals surface area (Å²) in [6.45, 7) is 7.58. The molecule has 0 saturated heterocycles. The highest BCUT2D eigenvalue weighted by Gasteiger charge is 2.18. The van der Waals surface area contributed by atoms with E-state index in [2.05, 4.69) is 41.5 Å². The molecule has 27 heavy (non-hydrogen) atoms. The van der Waals surface area contributed by atoms with E-state index in [-0.39, 0.29) is 6.04 Å². The van der Waals surface area contributed by atoms with Crippen LogP contribution in [-0.4, -0.2) is 82.5 Å². The van der Waals surface area contributed by atoms with Gasteiger partial charge in [-0.1, -0.05) is 26.0 Å². The summed E-state index contributed by atoms with van der Waals surface area (Å²) in [5.41, 5.74) is 2.21. The van der Waals surface area contributed by atoms with E-state index >= 15 is 0 Å². The number of nitrogens with one attached hydrogen (secondary N) is 2. The number of hydrogen-bond acceptors (Lipinski definition) is 5. The van der Waals surface area contributed by atoms with Gasteiger partial charge in [0.2, 0.25) is 0 Å².